The molecule has 0 saturated carbocycles. The number of carbonyl (C=O) groups excluding carboxylic acids is 1. The molecule has 3 fully saturated rings. The number of hydrogen-bond acceptors (Lipinski definition) is 18. The maximum absolute atomic E-state index is 13.2. The third kappa shape index (κ3) is 24.8. The van der Waals surface area contributed by atoms with E-state index in [2.05, 4.69) is 55.6 Å². The molecule has 12 N–H and O–H groups in total. The third-order valence-corrected chi connectivity index (χ3v) is 14.2. The molecule has 0 bridgehead atoms. The number of carbonyl (C=O) groups is 1. The minimum Gasteiger partial charge on any atom is -0.394 e. The van der Waals surface area contributed by atoms with E-state index in [0.29, 0.717) is 19.3 Å². The average molecular weight is 1070 g/mol. The number of allylic oxidation sites excluding steroid dienone is 8. The first-order chi connectivity index (χ1) is 36.3. The first-order valence-corrected chi connectivity index (χ1v) is 28.4. The van der Waals surface area contributed by atoms with Gasteiger partial charge in [-0.05, 0) is 38.5 Å². The van der Waals surface area contributed by atoms with Gasteiger partial charge >= 0.3 is 0 Å². The van der Waals surface area contributed by atoms with Crippen molar-refractivity contribution >= 4 is 5.91 Å². The summed E-state index contributed by atoms with van der Waals surface area (Å²) in [4.78, 5) is 13.2. The molecule has 3 saturated heterocycles. The minimum absolute atomic E-state index is 0.144. The molecule has 0 aliphatic carbocycles. The van der Waals surface area contributed by atoms with Crippen LogP contribution in [0.3, 0.4) is 0 Å². The second-order valence-corrected chi connectivity index (χ2v) is 20.4. The monoisotopic (exact) mass is 1070 g/mol. The van der Waals surface area contributed by atoms with Crippen molar-refractivity contribution in [1.29, 1.82) is 0 Å². The van der Waals surface area contributed by atoms with Crippen LogP contribution in [-0.2, 0) is 33.2 Å². The standard InChI is InChI=1S/C56H99NO18/c1-3-5-7-9-11-13-15-17-18-19-20-22-23-25-27-29-31-33-40(61)39(57-44(62)34-32-30-28-26-24-21-16-14-12-10-8-6-4-2)38-70-54-50(68)47(65)52(42(36-59)72-54)75-56-51(69)48(66)53(43(37-60)73-56)74-55-49(67)46(64)45(63)41(35-58)71-55/h6,8,12,14,21,24,28,30,39-43,45-56,58-61,63-69H,3-5,7,9-11,13,15-20,22-23,25-27,29,31-38H2,1-2H3,(H,57,62)/b8-6-,14-12-,24-21-,30-28-. The molecule has 0 aromatic carbocycles. The summed E-state index contributed by atoms with van der Waals surface area (Å²) >= 11 is 0. The fourth-order valence-electron chi connectivity index (χ4n) is 9.50. The number of ether oxygens (including phenoxy) is 6. The number of nitrogens with one attached hydrogen (secondary N) is 1. The first kappa shape index (κ1) is 67.0. The molecule has 3 aliphatic rings. The maximum Gasteiger partial charge on any atom is 0.220 e. The third-order valence-electron chi connectivity index (χ3n) is 14.2. The summed E-state index contributed by atoms with van der Waals surface area (Å²) in [5.74, 6) is -0.324. The molecular formula is C56H99NO18. The van der Waals surface area contributed by atoms with E-state index < -0.39 is 124 Å². The lowest BCUT2D eigenvalue weighted by atomic mass is 9.96. The predicted molar refractivity (Wildman–Crippen MR) is 282 cm³/mol. The Kier molecular flexibility index (Phi) is 35.8. The molecule has 75 heavy (non-hydrogen) atoms. The van der Waals surface area contributed by atoms with Crippen LogP contribution in [0.2, 0.25) is 0 Å². The summed E-state index contributed by atoms with van der Waals surface area (Å²) in [6.07, 6.45) is 15.1. The Labute approximate surface area is 446 Å². The van der Waals surface area contributed by atoms with Crippen LogP contribution in [-0.4, -0.2) is 193 Å². The Morgan fingerprint density at radius 2 is 0.893 bits per heavy atom. The quantitative estimate of drug-likeness (QED) is 0.0306. The van der Waals surface area contributed by atoms with E-state index in [4.69, 9.17) is 28.4 Å². The molecule has 3 heterocycles. The number of unbranched alkanes of at least 4 members (excludes halogenated alkanes) is 16. The maximum atomic E-state index is 13.2. The van der Waals surface area contributed by atoms with Gasteiger partial charge in [0.05, 0.1) is 38.6 Å². The second-order valence-electron chi connectivity index (χ2n) is 20.4. The molecular weight excluding hydrogens is 975 g/mol. The van der Waals surface area contributed by atoms with Crippen molar-refractivity contribution in [1.82, 2.24) is 5.32 Å². The fraction of sp³-hybridized carbons (Fsp3) is 0.839. The van der Waals surface area contributed by atoms with Crippen molar-refractivity contribution in [3.63, 3.8) is 0 Å². The Bertz CT molecular complexity index is 1570. The van der Waals surface area contributed by atoms with Gasteiger partial charge in [0, 0.05) is 6.42 Å². The summed E-state index contributed by atoms with van der Waals surface area (Å²) in [5.41, 5.74) is 0. The van der Waals surface area contributed by atoms with E-state index in [9.17, 15) is 61.0 Å². The van der Waals surface area contributed by atoms with Crippen LogP contribution in [0.5, 0.6) is 0 Å². The van der Waals surface area contributed by atoms with Crippen LogP contribution >= 0.6 is 0 Å². The van der Waals surface area contributed by atoms with E-state index in [1.165, 1.54) is 83.5 Å². The summed E-state index contributed by atoms with van der Waals surface area (Å²) in [5, 5.41) is 120. The van der Waals surface area contributed by atoms with Crippen molar-refractivity contribution in [3.05, 3.63) is 48.6 Å². The van der Waals surface area contributed by atoms with Gasteiger partial charge in [-0.25, -0.2) is 0 Å². The van der Waals surface area contributed by atoms with Gasteiger partial charge < -0.3 is 89.9 Å². The SMILES string of the molecule is CC/C=C\C/C=C\C/C=C\C/C=C\CCC(=O)NC(COC1OC(CO)C(OC2OC(CO)C(OC3OC(CO)C(O)C(O)C3O)C(O)C2O)C(O)C1O)C(O)CCCCCCCCCCCCCCCCCCC. The highest BCUT2D eigenvalue weighted by atomic mass is 16.8. The van der Waals surface area contributed by atoms with Gasteiger partial charge in [0.1, 0.15) is 73.2 Å². The Morgan fingerprint density at radius 3 is 1.36 bits per heavy atom. The summed E-state index contributed by atoms with van der Waals surface area (Å²) in [6, 6.07) is -0.925. The van der Waals surface area contributed by atoms with Crippen molar-refractivity contribution < 1.29 is 89.4 Å². The van der Waals surface area contributed by atoms with Gasteiger partial charge in [-0.1, -0.05) is 172 Å². The number of aliphatic hydroxyl groups is 11. The van der Waals surface area contributed by atoms with Crippen molar-refractivity contribution in [2.24, 2.45) is 0 Å². The lowest BCUT2D eigenvalue weighted by molar-refractivity contribution is -0.379. The zero-order chi connectivity index (χ0) is 54.8. The number of amides is 1. The molecule has 0 spiro atoms. The molecule has 19 heteroatoms. The Hall–Kier alpha value is -2.25. The van der Waals surface area contributed by atoms with Gasteiger partial charge in [0.15, 0.2) is 18.9 Å². The molecule has 0 aromatic heterocycles. The van der Waals surface area contributed by atoms with Crippen LogP contribution in [0.4, 0.5) is 0 Å². The zero-order valence-corrected chi connectivity index (χ0v) is 45.0. The molecule has 19 nitrogen and oxygen atoms in total. The van der Waals surface area contributed by atoms with Crippen LogP contribution < -0.4 is 5.32 Å². The summed E-state index contributed by atoms with van der Waals surface area (Å²) in [6.45, 7) is 1.60. The predicted octanol–water partition coefficient (Wildman–Crippen LogP) is 3.92. The van der Waals surface area contributed by atoms with E-state index in [-0.39, 0.29) is 18.9 Å². The molecule has 0 radical (unpaired) electrons. The minimum atomic E-state index is -1.98. The van der Waals surface area contributed by atoms with E-state index in [1.54, 1.807) is 0 Å². The number of hydrogen-bond donors (Lipinski definition) is 12. The number of aliphatic hydroxyl groups excluding tert-OH is 11. The molecule has 3 aliphatic heterocycles. The Balaban J connectivity index is 1.53. The lowest BCUT2D eigenvalue weighted by Crippen LogP contribution is -2.66. The highest BCUT2D eigenvalue weighted by Crippen LogP contribution is 2.33. The van der Waals surface area contributed by atoms with Gasteiger partial charge in [0.2, 0.25) is 5.91 Å². The zero-order valence-electron chi connectivity index (χ0n) is 45.0. The van der Waals surface area contributed by atoms with E-state index >= 15 is 0 Å². The molecule has 3 rings (SSSR count). The van der Waals surface area contributed by atoms with Crippen LogP contribution in [0.25, 0.3) is 0 Å². The van der Waals surface area contributed by atoms with E-state index in [0.717, 1.165) is 44.9 Å². The molecule has 17 atom stereocenters. The smallest absolute Gasteiger partial charge is 0.220 e. The van der Waals surface area contributed by atoms with E-state index in [1.807, 2.05) is 12.2 Å². The highest BCUT2D eigenvalue weighted by molar-refractivity contribution is 5.76. The van der Waals surface area contributed by atoms with Crippen LogP contribution in [0.1, 0.15) is 168 Å². The highest BCUT2D eigenvalue weighted by Gasteiger charge is 2.53. The fourth-order valence-corrected chi connectivity index (χ4v) is 9.50. The van der Waals surface area contributed by atoms with Gasteiger partial charge in [-0.3, -0.25) is 4.79 Å². The Morgan fingerprint density at radius 1 is 0.493 bits per heavy atom. The summed E-state index contributed by atoms with van der Waals surface area (Å²) < 4.78 is 34.2. The molecule has 1 amide bonds. The van der Waals surface area contributed by atoms with Crippen molar-refractivity contribution in [2.45, 2.75) is 272 Å². The second kappa shape index (κ2) is 40.0. The first-order valence-electron chi connectivity index (χ1n) is 28.4. The van der Waals surface area contributed by atoms with Crippen molar-refractivity contribution in [3.8, 4) is 0 Å². The average Bonchev–Trinajstić information content (AvgIpc) is 3.41. The van der Waals surface area contributed by atoms with Gasteiger partial charge in [-0.15, -0.1) is 0 Å². The molecule has 17 unspecified atom stereocenters. The van der Waals surface area contributed by atoms with Crippen LogP contribution in [0, 0.1) is 0 Å². The normalized spacial score (nSPS) is 31.6. The number of rotatable bonds is 40. The summed E-state index contributed by atoms with van der Waals surface area (Å²) in [7, 11) is 0. The molecule has 0 aromatic rings. The van der Waals surface area contributed by atoms with Crippen LogP contribution in [0.15, 0.2) is 48.6 Å². The largest absolute Gasteiger partial charge is 0.394 e. The lowest BCUT2D eigenvalue weighted by Gasteiger charge is -2.48. The topological polar surface area (TPSA) is 307 Å². The van der Waals surface area contributed by atoms with Gasteiger partial charge in [0.25, 0.3) is 0 Å². The van der Waals surface area contributed by atoms with Gasteiger partial charge in [-0.2, -0.15) is 0 Å². The van der Waals surface area contributed by atoms with Crippen molar-refractivity contribution in [2.75, 3.05) is 26.4 Å². The molecule has 436 valence electrons.